The van der Waals surface area contributed by atoms with E-state index in [0.717, 1.165) is 32.4 Å². The van der Waals surface area contributed by atoms with Crippen molar-refractivity contribution in [3.63, 3.8) is 0 Å². The molecule has 7 nitrogen and oxygen atoms in total. The van der Waals surface area contributed by atoms with Crippen LogP contribution >= 0.6 is 0 Å². The Bertz CT molecular complexity index is 1260. The lowest BCUT2D eigenvalue weighted by molar-refractivity contribution is 0.0202. The van der Waals surface area contributed by atoms with E-state index in [2.05, 4.69) is 114 Å². The molecule has 3 amide bonds. The van der Waals surface area contributed by atoms with Crippen molar-refractivity contribution >= 4 is 11.9 Å². The van der Waals surface area contributed by atoms with Crippen LogP contribution < -0.4 is 16.0 Å². The van der Waals surface area contributed by atoms with Crippen LogP contribution in [0.15, 0.2) is 91.0 Å². The van der Waals surface area contributed by atoms with E-state index in [1.165, 1.54) is 30.4 Å². The number of hydrogen-bond donors (Lipinski definition) is 3. The first-order valence-electron chi connectivity index (χ1n) is 16.7. The number of likely N-dealkylation sites (tertiary alicyclic amines) is 1. The third kappa shape index (κ3) is 9.65. The Kier molecular flexibility index (Phi) is 13.0. The molecule has 3 unspecified atom stereocenters. The molecule has 4 rings (SSSR count). The molecule has 3 aromatic rings. The molecule has 3 N–H and O–H groups in total. The maximum absolute atomic E-state index is 13.6. The molecule has 0 bridgehead atoms. The van der Waals surface area contributed by atoms with Crippen molar-refractivity contribution in [3.8, 4) is 0 Å². The van der Waals surface area contributed by atoms with E-state index in [1.54, 1.807) is 0 Å². The van der Waals surface area contributed by atoms with Gasteiger partial charge in [0.25, 0.3) is 5.91 Å². The molecule has 1 aliphatic heterocycles. The number of carbonyl (C=O) groups is 2. The summed E-state index contributed by atoms with van der Waals surface area (Å²) in [5.74, 6) is -0.0273. The summed E-state index contributed by atoms with van der Waals surface area (Å²) in [4.78, 5) is 31.4. The smallest absolute Gasteiger partial charge is 0.314 e. The number of carbonyl (C=O) groups excluding carboxylic acids is 2. The minimum atomic E-state index is -0.679. The number of benzene rings is 3. The van der Waals surface area contributed by atoms with Crippen LogP contribution in [0.2, 0.25) is 0 Å². The SMILES string of the molecule is CCCCCCCNC(=O)NCC(C)(NC(=O)c1ccccc1)C1CCN(C(c2ccccc2)c2ccccc2)CC1N(C)C. The Balaban J connectivity index is 1.54. The molecule has 242 valence electrons. The highest BCUT2D eigenvalue weighted by molar-refractivity contribution is 5.94. The van der Waals surface area contributed by atoms with E-state index < -0.39 is 5.54 Å². The highest BCUT2D eigenvalue weighted by atomic mass is 16.2. The van der Waals surface area contributed by atoms with Gasteiger partial charge in [-0.1, -0.05) is 111 Å². The van der Waals surface area contributed by atoms with Gasteiger partial charge in [0.2, 0.25) is 0 Å². The van der Waals surface area contributed by atoms with Crippen LogP contribution in [0.3, 0.4) is 0 Å². The number of amides is 3. The second-order valence-electron chi connectivity index (χ2n) is 12.9. The van der Waals surface area contributed by atoms with Gasteiger partial charge in [-0.3, -0.25) is 9.69 Å². The molecular formula is C38H53N5O2. The molecule has 1 heterocycles. The lowest BCUT2D eigenvalue weighted by Gasteiger charge is -2.51. The van der Waals surface area contributed by atoms with Gasteiger partial charge < -0.3 is 20.9 Å². The number of rotatable bonds is 15. The number of nitrogens with one attached hydrogen (secondary N) is 3. The Hall–Kier alpha value is -3.68. The normalized spacial score (nSPS) is 18.4. The van der Waals surface area contributed by atoms with Gasteiger partial charge in [0.05, 0.1) is 11.6 Å². The Morgan fingerprint density at radius 2 is 1.42 bits per heavy atom. The molecule has 1 fully saturated rings. The fraction of sp³-hybridized carbons (Fsp3) is 0.474. The van der Waals surface area contributed by atoms with E-state index >= 15 is 0 Å². The van der Waals surface area contributed by atoms with Gasteiger partial charge in [0.15, 0.2) is 0 Å². The summed E-state index contributed by atoms with van der Waals surface area (Å²) >= 11 is 0. The molecule has 0 aliphatic carbocycles. The number of urea groups is 1. The standard InChI is InChI=1S/C38H53N5O2/c1-5-6-7-8-18-26-39-37(45)40-29-38(2,41-36(44)32-23-16-11-17-24-32)33-25-27-43(28-34(33)42(3)4)35(30-19-12-9-13-20-30)31-21-14-10-15-22-31/h9-17,19-24,33-35H,5-8,18,25-29H2,1-4H3,(H,41,44)(H2,39,40,45). The summed E-state index contributed by atoms with van der Waals surface area (Å²) < 4.78 is 0. The maximum Gasteiger partial charge on any atom is 0.314 e. The molecule has 1 aliphatic rings. The summed E-state index contributed by atoms with van der Waals surface area (Å²) in [6, 6.07) is 30.9. The highest BCUT2D eigenvalue weighted by Gasteiger charge is 2.45. The maximum atomic E-state index is 13.6. The molecule has 7 heteroatoms. The summed E-state index contributed by atoms with van der Waals surface area (Å²) in [5, 5.41) is 9.55. The van der Waals surface area contributed by atoms with Gasteiger partial charge >= 0.3 is 6.03 Å². The van der Waals surface area contributed by atoms with Crippen LogP contribution in [0, 0.1) is 5.92 Å². The van der Waals surface area contributed by atoms with E-state index in [1.807, 2.05) is 30.3 Å². The van der Waals surface area contributed by atoms with Crippen LogP contribution in [0.1, 0.15) is 79.9 Å². The van der Waals surface area contributed by atoms with Crippen LogP contribution in [-0.2, 0) is 0 Å². The third-order valence-corrected chi connectivity index (χ3v) is 9.31. The average molecular weight is 612 g/mol. The van der Waals surface area contributed by atoms with E-state index in [0.29, 0.717) is 18.7 Å². The first kappa shape index (κ1) is 34.2. The summed E-state index contributed by atoms with van der Waals surface area (Å²) in [5.41, 5.74) is 2.48. The number of piperidine rings is 1. The summed E-state index contributed by atoms with van der Waals surface area (Å²) in [7, 11) is 4.25. The lowest BCUT2D eigenvalue weighted by atomic mass is 9.74. The van der Waals surface area contributed by atoms with Crippen LogP contribution in [0.25, 0.3) is 0 Å². The Labute approximate surface area is 270 Å². The largest absolute Gasteiger partial charge is 0.345 e. The second kappa shape index (κ2) is 17.1. The zero-order valence-corrected chi connectivity index (χ0v) is 27.7. The summed E-state index contributed by atoms with van der Waals surface area (Å²) in [6.45, 7) is 6.98. The van der Waals surface area contributed by atoms with Gasteiger partial charge in [-0.15, -0.1) is 0 Å². The molecule has 0 radical (unpaired) electrons. The van der Waals surface area contributed by atoms with Crippen LogP contribution in [0.5, 0.6) is 0 Å². The fourth-order valence-electron chi connectivity index (χ4n) is 6.79. The zero-order valence-electron chi connectivity index (χ0n) is 27.7. The second-order valence-corrected chi connectivity index (χ2v) is 12.9. The Morgan fingerprint density at radius 1 is 0.844 bits per heavy atom. The lowest BCUT2D eigenvalue weighted by Crippen LogP contribution is -2.66. The molecule has 3 atom stereocenters. The molecule has 0 aromatic heterocycles. The minimum Gasteiger partial charge on any atom is -0.345 e. The first-order chi connectivity index (χ1) is 21.8. The monoisotopic (exact) mass is 611 g/mol. The molecule has 0 saturated carbocycles. The summed E-state index contributed by atoms with van der Waals surface area (Å²) in [6.07, 6.45) is 6.59. The van der Waals surface area contributed by atoms with Gasteiger partial charge in [-0.05, 0) is 63.7 Å². The minimum absolute atomic E-state index is 0.0953. The Morgan fingerprint density at radius 3 is 2.00 bits per heavy atom. The first-order valence-corrected chi connectivity index (χ1v) is 16.7. The van der Waals surface area contributed by atoms with Gasteiger partial charge in [0, 0.05) is 37.2 Å². The molecular weight excluding hydrogens is 558 g/mol. The number of unbranched alkanes of at least 4 members (excludes halogenated alkanes) is 4. The van der Waals surface area contributed by atoms with Gasteiger partial charge in [-0.2, -0.15) is 0 Å². The predicted octanol–water partition coefficient (Wildman–Crippen LogP) is 6.49. The number of hydrogen-bond acceptors (Lipinski definition) is 4. The van der Waals surface area contributed by atoms with Gasteiger partial charge in [-0.25, -0.2) is 4.79 Å². The molecule has 0 spiro atoms. The van der Waals surface area contributed by atoms with Crippen LogP contribution in [0.4, 0.5) is 4.79 Å². The van der Waals surface area contributed by atoms with Gasteiger partial charge in [0.1, 0.15) is 0 Å². The quantitative estimate of drug-likeness (QED) is 0.172. The van der Waals surface area contributed by atoms with Crippen LogP contribution in [-0.4, -0.2) is 73.6 Å². The average Bonchev–Trinajstić information content (AvgIpc) is 3.07. The van der Waals surface area contributed by atoms with Crippen molar-refractivity contribution in [3.05, 3.63) is 108 Å². The van der Waals surface area contributed by atoms with Crippen molar-refractivity contribution in [1.82, 2.24) is 25.8 Å². The van der Waals surface area contributed by atoms with E-state index in [-0.39, 0.29) is 29.9 Å². The highest BCUT2D eigenvalue weighted by Crippen LogP contribution is 2.37. The van der Waals surface area contributed by atoms with E-state index in [9.17, 15) is 9.59 Å². The molecule has 1 saturated heterocycles. The van der Waals surface area contributed by atoms with Crippen molar-refractivity contribution < 1.29 is 9.59 Å². The number of nitrogens with zero attached hydrogens (tertiary/aromatic N) is 2. The molecule has 45 heavy (non-hydrogen) atoms. The number of likely N-dealkylation sites (N-methyl/N-ethyl adjacent to an activating group) is 1. The predicted molar refractivity (Wildman–Crippen MR) is 184 cm³/mol. The topological polar surface area (TPSA) is 76.7 Å². The van der Waals surface area contributed by atoms with Crippen molar-refractivity contribution in [2.75, 3.05) is 40.3 Å². The van der Waals surface area contributed by atoms with Crippen molar-refractivity contribution in [2.24, 2.45) is 5.92 Å². The zero-order chi connectivity index (χ0) is 32.1. The van der Waals surface area contributed by atoms with Crippen molar-refractivity contribution in [2.45, 2.75) is 70.0 Å². The molecule has 3 aromatic carbocycles. The fourth-order valence-corrected chi connectivity index (χ4v) is 6.79. The van der Waals surface area contributed by atoms with E-state index in [4.69, 9.17) is 0 Å². The van der Waals surface area contributed by atoms with Crippen molar-refractivity contribution in [1.29, 1.82) is 0 Å². The third-order valence-electron chi connectivity index (χ3n) is 9.31.